The molecule has 1 aliphatic carbocycles. The number of carbonyl (C=O) groups excluding carboxylic acids is 2. The van der Waals surface area contributed by atoms with Gasteiger partial charge >= 0.3 is 6.18 Å². The van der Waals surface area contributed by atoms with Crippen molar-refractivity contribution in [1.82, 2.24) is 15.1 Å². The van der Waals surface area contributed by atoms with E-state index in [9.17, 15) is 22.8 Å². The highest BCUT2D eigenvalue weighted by Gasteiger charge is 2.44. The Hall–Kier alpha value is -2.29. The number of carbonyl (C=O) groups is 2. The third kappa shape index (κ3) is 4.72. The molecule has 2 fully saturated rings. The summed E-state index contributed by atoms with van der Waals surface area (Å²) in [5.74, 6) is 0.674. The van der Waals surface area contributed by atoms with Crippen LogP contribution in [0.15, 0.2) is 18.2 Å². The lowest BCUT2D eigenvalue weighted by Crippen LogP contribution is -2.42. The summed E-state index contributed by atoms with van der Waals surface area (Å²) in [5.41, 5.74) is -0.355. The second-order valence-corrected chi connectivity index (χ2v) is 9.41. The number of ether oxygens (including phenoxy) is 1. The van der Waals surface area contributed by atoms with Crippen LogP contribution in [0.4, 0.5) is 13.2 Å². The van der Waals surface area contributed by atoms with E-state index in [0.29, 0.717) is 43.2 Å². The van der Waals surface area contributed by atoms with Crippen molar-refractivity contribution < 1.29 is 27.5 Å². The van der Waals surface area contributed by atoms with Gasteiger partial charge in [-0.3, -0.25) is 14.5 Å². The fourth-order valence-electron chi connectivity index (χ4n) is 5.31. The first kappa shape index (κ1) is 22.9. The molecule has 2 unspecified atom stereocenters. The molecule has 3 aliphatic rings. The van der Waals surface area contributed by atoms with Gasteiger partial charge in [-0.15, -0.1) is 0 Å². The van der Waals surface area contributed by atoms with Gasteiger partial charge in [-0.05, 0) is 42.9 Å². The predicted molar refractivity (Wildman–Crippen MR) is 112 cm³/mol. The largest absolute Gasteiger partial charge is 0.473 e. The van der Waals surface area contributed by atoms with Gasteiger partial charge in [0.15, 0.2) is 6.73 Å². The SMILES string of the molecule is CC(C)C1C[C@@H](N2CCNC(=O)CC2)CC1C(=O)N1COc2ccc(C(F)(F)F)cc2C1. The number of alkyl halides is 3. The Morgan fingerprint density at radius 1 is 1.22 bits per heavy atom. The maximum atomic E-state index is 13.5. The number of halogens is 3. The van der Waals surface area contributed by atoms with E-state index in [1.165, 1.54) is 6.07 Å². The van der Waals surface area contributed by atoms with E-state index in [1.807, 2.05) is 0 Å². The molecule has 1 saturated carbocycles. The van der Waals surface area contributed by atoms with Crippen LogP contribution in [-0.2, 0) is 22.3 Å². The molecule has 1 aromatic carbocycles. The first-order valence-corrected chi connectivity index (χ1v) is 11.3. The molecule has 0 bridgehead atoms. The molecule has 4 rings (SSSR count). The monoisotopic (exact) mass is 453 g/mol. The summed E-state index contributed by atoms with van der Waals surface area (Å²) in [6, 6.07) is 3.64. The smallest absolute Gasteiger partial charge is 0.416 e. The number of nitrogens with zero attached hydrogens (tertiary/aromatic N) is 2. The van der Waals surface area contributed by atoms with E-state index in [1.54, 1.807) is 4.90 Å². The molecule has 1 saturated heterocycles. The number of hydrogen-bond acceptors (Lipinski definition) is 4. The van der Waals surface area contributed by atoms with Crippen molar-refractivity contribution in [3.8, 4) is 5.75 Å². The second kappa shape index (κ2) is 8.92. The van der Waals surface area contributed by atoms with Crippen LogP contribution < -0.4 is 10.1 Å². The van der Waals surface area contributed by atoms with Crippen LogP contribution in [0.1, 0.15) is 44.2 Å². The van der Waals surface area contributed by atoms with E-state index in [2.05, 4.69) is 24.1 Å². The average molecular weight is 454 g/mol. The normalized spacial score (nSPS) is 27.0. The van der Waals surface area contributed by atoms with Gasteiger partial charge in [0.1, 0.15) is 5.75 Å². The van der Waals surface area contributed by atoms with Crippen molar-refractivity contribution in [1.29, 1.82) is 0 Å². The molecule has 2 aliphatic heterocycles. The van der Waals surface area contributed by atoms with Crippen LogP contribution in [-0.4, -0.2) is 54.0 Å². The number of rotatable bonds is 3. The van der Waals surface area contributed by atoms with Crippen LogP contribution in [0.5, 0.6) is 5.75 Å². The van der Waals surface area contributed by atoms with Gasteiger partial charge in [0.25, 0.3) is 0 Å². The minimum absolute atomic E-state index is 0.0469. The zero-order chi connectivity index (χ0) is 23.0. The highest BCUT2D eigenvalue weighted by molar-refractivity contribution is 5.80. The van der Waals surface area contributed by atoms with Crippen LogP contribution in [0, 0.1) is 17.8 Å². The van der Waals surface area contributed by atoms with E-state index in [0.717, 1.165) is 25.1 Å². The summed E-state index contributed by atoms with van der Waals surface area (Å²) in [7, 11) is 0. The Labute approximate surface area is 186 Å². The van der Waals surface area contributed by atoms with Crippen molar-refractivity contribution in [3.63, 3.8) is 0 Å². The summed E-state index contributed by atoms with van der Waals surface area (Å²) in [6.07, 6.45) is -2.40. The fraction of sp³-hybridized carbons (Fsp3) is 0.652. The van der Waals surface area contributed by atoms with Crippen molar-refractivity contribution in [2.75, 3.05) is 26.4 Å². The summed E-state index contributed by atoms with van der Waals surface area (Å²) in [5, 5.41) is 2.89. The molecule has 9 heteroatoms. The topological polar surface area (TPSA) is 61.9 Å². The van der Waals surface area contributed by atoms with Crippen LogP contribution in [0.25, 0.3) is 0 Å². The van der Waals surface area contributed by atoms with E-state index >= 15 is 0 Å². The third-order valence-electron chi connectivity index (χ3n) is 7.06. The van der Waals surface area contributed by atoms with Gasteiger partial charge in [0, 0.05) is 43.6 Å². The first-order chi connectivity index (χ1) is 15.1. The van der Waals surface area contributed by atoms with Crippen LogP contribution in [0.2, 0.25) is 0 Å². The van der Waals surface area contributed by atoms with Gasteiger partial charge in [-0.2, -0.15) is 13.2 Å². The maximum Gasteiger partial charge on any atom is 0.416 e. The highest BCUT2D eigenvalue weighted by Crippen LogP contribution is 2.42. The fourth-order valence-corrected chi connectivity index (χ4v) is 5.31. The molecule has 32 heavy (non-hydrogen) atoms. The Morgan fingerprint density at radius 2 is 2.00 bits per heavy atom. The lowest BCUT2D eigenvalue weighted by atomic mass is 9.85. The van der Waals surface area contributed by atoms with E-state index < -0.39 is 11.7 Å². The molecule has 1 aromatic rings. The van der Waals surface area contributed by atoms with Crippen LogP contribution >= 0.6 is 0 Å². The number of fused-ring (bicyclic) bond motifs is 1. The molecule has 6 nitrogen and oxygen atoms in total. The molecular formula is C23H30F3N3O3. The van der Waals surface area contributed by atoms with Gasteiger partial charge in [0.05, 0.1) is 12.1 Å². The number of nitrogens with one attached hydrogen (secondary N) is 1. The Kier molecular flexibility index (Phi) is 6.38. The van der Waals surface area contributed by atoms with Crippen LogP contribution in [0.3, 0.4) is 0 Å². The standard InChI is InChI=1S/C23H30F3N3O3/c1-14(2)18-10-17(28-7-5-21(30)27-6-8-28)11-19(18)22(31)29-12-15-9-16(23(24,25)26)3-4-20(15)32-13-29/h3-4,9,14,17-19H,5-8,10-13H2,1-2H3,(H,27,30)/t17-,18?,19?/m1/s1. The molecule has 3 atom stereocenters. The quantitative estimate of drug-likeness (QED) is 0.763. The molecule has 0 radical (unpaired) electrons. The third-order valence-corrected chi connectivity index (χ3v) is 7.06. The summed E-state index contributed by atoms with van der Waals surface area (Å²) >= 11 is 0. The summed E-state index contributed by atoms with van der Waals surface area (Å²) < 4.78 is 45.0. The Bertz CT molecular complexity index is 874. The lowest BCUT2D eigenvalue weighted by molar-refractivity contribution is -0.142. The number of amides is 2. The minimum atomic E-state index is -4.44. The summed E-state index contributed by atoms with van der Waals surface area (Å²) in [6.45, 7) is 6.44. The Morgan fingerprint density at radius 3 is 2.72 bits per heavy atom. The average Bonchev–Trinajstić information content (AvgIpc) is 3.08. The van der Waals surface area contributed by atoms with Crippen molar-refractivity contribution >= 4 is 11.8 Å². The summed E-state index contributed by atoms with van der Waals surface area (Å²) in [4.78, 5) is 29.0. The van der Waals surface area contributed by atoms with E-state index in [4.69, 9.17) is 4.74 Å². The van der Waals surface area contributed by atoms with Crippen molar-refractivity contribution in [3.05, 3.63) is 29.3 Å². The molecule has 2 heterocycles. The molecule has 1 N–H and O–H groups in total. The molecule has 176 valence electrons. The molecular weight excluding hydrogens is 423 g/mol. The van der Waals surface area contributed by atoms with Gasteiger partial charge in [0.2, 0.25) is 11.8 Å². The molecule has 0 spiro atoms. The number of benzene rings is 1. The minimum Gasteiger partial charge on any atom is -0.473 e. The maximum absolute atomic E-state index is 13.5. The molecule has 2 amide bonds. The highest BCUT2D eigenvalue weighted by atomic mass is 19.4. The van der Waals surface area contributed by atoms with Gasteiger partial charge in [-0.1, -0.05) is 13.8 Å². The Balaban J connectivity index is 1.48. The lowest BCUT2D eigenvalue weighted by Gasteiger charge is -2.33. The van der Waals surface area contributed by atoms with Crippen molar-refractivity contribution in [2.45, 2.75) is 51.9 Å². The second-order valence-electron chi connectivity index (χ2n) is 9.41. The first-order valence-electron chi connectivity index (χ1n) is 11.3. The zero-order valence-corrected chi connectivity index (χ0v) is 18.5. The van der Waals surface area contributed by atoms with Gasteiger partial charge < -0.3 is 15.0 Å². The zero-order valence-electron chi connectivity index (χ0n) is 18.5. The van der Waals surface area contributed by atoms with Crippen molar-refractivity contribution in [2.24, 2.45) is 17.8 Å². The molecule has 0 aromatic heterocycles. The number of hydrogen-bond donors (Lipinski definition) is 1. The van der Waals surface area contributed by atoms with E-state index in [-0.39, 0.29) is 43.0 Å². The predicted octanol–water partition coefficient (Wildman–Crippen LogP) is 3.26. The van der Waals surface area contributed by atoms with Gasteiger partial charge in [-0.25, -0.2) is 0 Å².